The summed E-state index contributed by atoms with van der Waals surface area (Å²) in [5, 5.41) is 2.14. The van der Waals surface area contributed by atoms with Crippen LogP contribution in [0.4, 0.5) is 0 Å². The van der Waals surface area contributed by atoms with Crippen LogP contribution in [-0.4, -0.2) is 13.1 Å². The molecule has 3 heteroatoms. The predicted octanol–water partition coefficient (Wildman–Crippen LogP) is 4.64. The molecule has 3 nitrogen and oxygen atoms in total. The van der Waals surface area contributed by atoms with E-state index < -0.39 is 5.97 Å². The first-order valence-corrected chi connectivity index (χ1v) is 7.05. The zero-order chi connectivity index (χ0) is 16.3. The van der Waals surface area contributed by atoms with E-state index in [1.54, 1.807) is 20.1 Å². The number of hydrogen-bond acceptors (Lipinski definition) is 3. The van der Waals surface area contributed by atoms with Crippen molar-refractivity contribution < 1.29 is 14.3 Å². The lowest BCUT2D eigenvalue weighted by molar-refractivity contribution is -0.130. The summed E-state index contributed by atoms with van der Waals surface area (Å²) in [4.78, 5) is 11.6. The first kappa shape index (κ1) is 15.8. The van der Waals surface area contributed by atoms with Crippen LogP contribution in [-0.2, 0) is 9.53 Å². The topological polar surface area (TPSA) is 35.5 Å². The number of methoxy groups -OCH3 is 1. The number of aryl methyl sites for hydroxylation is 1. The molecule has 0 saturated carbocycles. The van der Waals surface area contributed by atoms with Gasteiger partial charge in [0, 0.05) is 5.57 Å². The number of carbonyl (C=O) groups excluding carboxylic acids is 1. The molecular formula is C19H20O3. The Morgan fingerprint density at radius 1 is 1.18 bits per heavy atom. The van der Waals surface area contributed by atoms with Crippen molar-refractivity contribution in [3.63, 3.8) is 0 Å². The number of esters is 1. The lowest BCUT2D eigenvalue weighted by Gasteiger charge is -2.10. The van der Waals surface area contributed by atoms with Gasteiger partial charge in [-0.25, -0.2) is 4.79 Å². The van der Waals surface area contributed by atoms with E-state index in [-0.39, 0.29) is 0 Å². The van der Waals surface area contributed by atoms with Gasteiger partial charge in [-0.05, 0) is 60.9 Å². The number of hydrogen-bond donors (Lipinski definition) is 0. The Balaban J connectivity index is 2.42. The molecule has 0 unspecified atom stereocenters. The van der Waals surface area contributed by atoms with E-state index in [2.05, 4.69) is 13.5 Å². The maximum absolute atomic E-state index is 11.6. The minimum Gasteiger partial charge on any atom is -0.501 e. The van der Waals surface area contributed by atoms with Crippen molar-refractivity contribution >= 4 is 22.8 Å². The molecule has 0 amide bonds. The largest absolute Gasteiger partial charge is 0.501 e. The second-order valence-corrected chi connectivity index (χ2v) is 5.29. The molecule has 114 valence electrons. The van der Waals surface area contributed by atoms with Crippen molar-refractivity contribution in [1.29, 1.82) is 0 Å². The minimum atomic E-state index is -0.411. The molecule has 0 radical (unpaired) electrons. The number of carbonyl (C=O) groups is 1. The summed E-state index contributed by atoms with van der Waals surface area (Å²) < 4.78 is 10.5. The van der Waals surface area contributed by atoms with Gasteiger partial charge in [-0.15, -0.1) is 0 Å². The Kier molecular flexibility index (Phi) is 4.66. The molecule has 2 aromatic rings. The molecule has 0 fully saturated rings. The van der Waals surface area contributed by atoms with E-state index in [4.69, 9.17) is 9.47 Å². The second kappa shape index (κ2) is 6.48. The third-order valence-electron chi connectivity index (χ3n) is 3.54. The summed E-state index contributed by atoms with van der Waals surface area (Å²) in [5.41, 5.74) is 2.65. The highest BCUT2D eigenvalue weighted by Gasteiger charge is 2.08. The monoisotopic (exact) mass is 296 g/mol. The molecule has 0 aromatic heterocycles. The molecule has 0 aliphatic heterocycles. The Hall–Kier alpha value is -2.55. The van der Waals surface area contributed by atoms with Crippen LogP contribution in [0.1, 0.15) is 25.0 Å². The van der Waals surface area contributed by atoms with Gasteiger partial charge in [0.2, 0.25) is 0 Å². The van der Waals surface area contributed by atoms with Gasteiger partial charge >= 0.3 is 5.97 Å². The van der Waals surface area contributed by atoms with Crippen LogP contribution in [0.15, 0.2) is 48.2 Å². The fraction of sp³-hybridized carbons (Fsp3) is 0.211. The zero-order valence-electron chi connectivity index (χ0n) is 13.4. The fourth-order valence-electron chi connectivity index (χ4n) is 2.17. The average Bonchev–Trinajstić information content (AvgIpc) is 2.49. The highest BCUT2D eigenvalue weighted by atomic mass is 16.5. The van der Waals surface area contributed by atoms with Gasteiger partial charge in [0.15, 0.2) is 0 Å². The molecule has 2 rings (SSSR count). The van der Waals surface area contributed by atoms with E-state index in [0.29, 0.717) is 11.3 Å². The van der Waals surface area contributed by atoms with E-state index in [0.717, 1.165) is 27.7 Å². The second-order valence-electron chi connectivity index (χ2n) is 5.29. The lowest BCUT2D eigenvalue weighted by Crippen LogP contribution is -2.07. The quantitative estimate of drug-likeness (QED) is 0.357. The smallest absolute Gasteiger partial charge is 0.338 e. The number of ether oxygens (including phenoxy) is 2. The van der Waals surface area contributed by atoms with Crippen molar-refractivity contribution in [2.45, 2.75) is 20.8 Å². The number of benzene rings is 2. The van der Waals surface area contributed by atoms with Gasteiger partial charge in [-0.1, -0.05) is 24.8 Å². The first-order chi connectivity index (χ1) is 10.4. The van der Waals surface area contributed by atoms with E-state index in [1.807, 2.05) is 37.3 Å². The Morgan fingerprint density at radius 3 is 2.55 bits per heavy atom. The average molecular weight is 296 g/mol. The van der Waals surface area contributed by atoms with E-state index in [1.165, 1.54) is 0 Å². The molecule has 0 bridgehead atoms. The minimum absolute atomic E-state index is 0.381. The van der Waals surface area contributed by atoms with Gasteiger partial charge in [0.25, 0.3) is 0 Å². The molecule has 0 N–H and O–H groups in total. The number of fused-ring (bicyclic) bond motifs is 1. The SMILES string of the molecule is C=C(C)C(=O)Oc1ccc2c(C)c(/C=C(\C)OC)ccc2c1. The molecule has 0 heterocycles. The van der Waals surface area contributed by atoms with Crippen LogP contribution in [0.3, 0.4) is 0 Å². The highest BCUT2D eigenvalue weighted by molar-refractivity contribution is 5.92. The van der Waals surface area contributed by atoms with E-state index in [9.17, 15) is 4.79 Å². The van der Waals surface area contributed by atoms with E-state index >= 15 is 0 Å². The zero-order valence-corrected chi connectivity index (χ0v) is 13.4. The summed E-state index contributed by atoms with van der Waals surface area (Å²) >= 11 is 0. The first-order valence-electron chi connectivity index (χ1n) is 7.05. The van der Waals surface area contributed by atoms with Crippen molar-refractivity contribution in [3.8, 4) is 5.75 Å². The molecule has 0 aliphatic carbocycles. The van der Waals surface area contributed by atoms with Crippen LogP contribution in [0.25, 0.3) is 16.8 Å². The molecular weight excluding hydrogens is 276 g/mol. The predicted molar refractivity (Wildman–Crippen MR) is 89.8 cm³/mol. The van der Waals surface area contributed by atoms with Crippen molar-refractivity contribution in [2.24, 2.45) is 0 Å². The normalized spacial score (nSPS) is 11.4. The third kappa shape index (κ3) is 3.37. The number of allylic oxidation sites excluding steroid dienone is 1. The maximum atomic E-state index is 11.6. The molecule has 0 spiro atoms. The van der Waals surface area contributed by atoms with Gasteiger partial charge in [-0.3, -0.25) is 0 Å². The summed E-state index contributed by atoms with van der Waals surface area (Å²) in [6.45, 7) is 9.20. The van der Waals surface area contributed by atoms with Crippen LogP contribution >= 0.6 is 0 Å². The molecule has 22 heavy (non-hydrogen) atoms. The molecule has 2 aromatic carbocycles. The summed E-state index contributed by atoms with van der Waals surface area (Å²) in [6, 6.07) is 9.66. The van der Waals surface area contributed by atoms with Gasteiger partial charge < -0.3 is 9.47 Å². The highest BCUT2D eigenvalue weighted by Crippen LogP contribution is 2.27. The standard InChI is InChI=1S/C19H20O3/c1-12(2)19(20)22-17-8-9-18-14(4)15(10-13(3)21-5)6-7-16(18)11-17/h6-11H,1H2,2-5H3/b13-10+. The summed E-state index contributed by atoms with van der Waals surface area (Å²) in [6.07, 6.45) is 2.00. The van der Waals surface area contributed by atoms with Crippen molar-refractivity contribution in [2.75, 3.05) is 7.11 Å². The van der Waals surface area contributed by atoms with Crippen molar-refractivity contribution in [3.05, 3.63) is 59.4 Å². The Bertz CT molecular complexity index is 770. The van der Waals surface area contributed by atoms with Gasteiger partial charge in [0.05, 0.1) is 12.9 Å². The van der Waals surface area contributed by atoms with Gasteiger partial charge in [0.1, 0.15) is 5.75 Å². The molecule has 0 aliphatic rings. The van der Waals surface area contributed by atoms with Crippen LogP contribution < -0.4 is 4.74 Å². The molecule has 0 atom stereocenters. The van der Waals surface area contributed by atoms with Crippen LogP contribution in [0.2, 0.25) is 0 Å². The van der Waals surface area contributed by atoms with Crippen LogP contribution in [0.5, 0.6) is 5.75 Å². The maximum Gasteiger partial charge on any atom is 0.338 e. The molecule has 0 saturated heterocycles. The summed E-state index contributed by atoms with van der Waals surface area (Å²) in [7, 11) is 1.66. The summed E-state index contributed by atoms with van der Waals surface area (Å²) in [5.74, 6) is 0.970. The van der Waals surface area contributed by atoms with Crippen molar-refractivity contribution in [1.82, 2.24) is 0 Å². The van der Waals surface area contributed by atoms with Gasteiger partial charge in [-0.2, -0.15) is 0 Å². The fourth-order valence-corrected chi connectivity index (χ4v) is 2.17. The Morgan fingerprint density at radius 2 is 1.91 bits per heavy atom. The Labute approximate surface area is 130 Å². The third-order valence-corrected chi connectivity index (χ3v) is 3.54. The van der Waals surface area contributed by atoms with Crippen LogP contribution in [0, 0.1) is 6.92 Å². The number of rotatable bonds is 4. The lowest BCUT2D eigenvalue weighted by atomic mass is 9.99.